The Balaban J connectivity index is 2.10. The summed E-state index contributed by atoms with van der Waals surface area (Å²) in [6.45, 7) is 14.8. The lowest BCUT2D eigenvalue weighted by atomic mass is 9.95. The van der Waals surface area contributed by atoms with E-state index in [1.54, 1.807) is 0 Å². The zero-order valence-corrected chi connectivity index (χ0v) is 14.5. The highest BCUT2D eigenvalue weighted by atomic mass is 14.9. The van der Waals surface area contributed by atoms with Gasteiger partial charge in [0.2, 0.25) is 0 Å². The van der Waals surface area contributed by atoms with Crippen molar-refractivity contribution in [3.8, 4) is 0 Å². The molecule has 0 amide bonds. The summed E-state index contributed by atoms with van der Waals surface area (Å²) in [5.41, 5.74) is 5.87. The average molecular weight is 305 g/mol. The Morgan fingerprint density at radius 1 is 1.09 bits per heavy atom. The summed E-state index contributed by atoms with van der Waals surface area (Å²) < 4.78 is 0. The van der Waals surface area contributed by atoms with Crippen molar-refractivity contribution in [1.82, 2.24) is 0 Å². The summed E-state index contributed by atoms with van der Waals surface area (Å²) in [6.07, 6.45) is 3.05. The van der Waals surface area contributed by atoms with E-state index in [1.807, 2.05) is 18.2 Å². The highest BCUT2D eigenvalue weighted by Gasteiger charge is 2.11. The molecule has 0 radical (unpaired) electrons. The van der Waals surface area contributed by atoms with Gasteiger partial charge in [-0.25, -0.2) is 0 Å². The molecular formula is C22H27N. The molecule has 0 aliphatic heterocycles. The molecule has 0 aliphatic rings. The monoisotopic (exact) mass is 305 g/mol. The smallest absolute Gasteiger partial charge is 0.0485 e. The van der Waals surface area contributed by atoms with Crippen LogP contribution in [0.3, 0.4) is 0 Å². The van der Waals surface area contributed by atoms with Crippen molar-refractivity contribution in [1.29, 1.82) is 0 Å². The molecule has 23 heavy (non-hydrogen) atoms. The lowest BCUT2D eigenvalue weighted by Gasteiger charge is -2.20. The third-order valence-corrected chi connectivity index (χ3v) is 4.52. The van der Waals surface area contributed by atoms with Crippen LogP contribution in [0.4, 0.5) is 5.69 Å². The van der Waals surface area contributed by atoms with Gasteiger partial charge in [-0.3, -0.25) is 0 Å². The van der Waals surface area contributed by atoms with Crippen LogP contribution in [0, 0.1) is 0 Å². The average Bonchev–Trinajstić information content (AvgIpc) is 2.60. The molecule has 0 saturated heterocycles. The van der Waals surface area contributed by atoms with Crippen molar-refractivity contribution in [2.45, 2.75) is 39.2 Å². The Hall–Kier alpha value is -2.28. The zero-order chi connectivity index (χ0) is 16.8. The van der Waals surface area contributed by atoms with Gasteiger partial charge in [0, 0.05) is 11.7 Å². The normalized spacial score (nSPS) is 13.2. The Labute approximate surface area is 140 Å². The third kappa shape index (κ3) is 4.13. The first kappa shape index (κ1) is 17.1. The van der Waals surface area contributed by atoms with Gasteiger partial charge >= 0.3 is 0 Å². The summed E-state index contributed by atoms with van der Waals surface area (Å²) in [6, 6.07) is 17.1. The van der Waals surface area contributed by atoms with Crippen LogP contribution >= 0.6 is 0 Å². The van der Waals surface area contributed by atoms with Crippen molar-refractivity contribution < 1.29 is 0 Å². The van der Waals surface area contributed by atoms with E-state index in [1.165, 1.54) is 12.0 Å². The van der Waals surface area contributed by atoms with E-state index in [-0.39, 0.29) is 6.04 Å². The van der Waals surface area contributed by atoms with Crippen molar-refractivity contribution in [3.05, 3.63) is 78.4 Å². The molecule has 1 heteroatoms. The van der Waals surface area contributed by atoms with Crippen LogP contribution in [0.15, 0.2) is 61.7 Å². The Morgan fingerprint density at radius 2 is 1.74 bits per heavy atom. The van der Waals surface area contributed by atoms with E-state index in [0.29, 0.717) is 5.92 Å². The van der Waals surface area contributed by atoms with Crippen LogP contribution in [0.2, 0.25) is 0 Å². The molecule has 0 saturated carbocycles. The Morgan fingerprint density at radius 3 is 2.35 bits per heavy atom. The number of hydrogen-bond acceptors (Lipinski definition) is 1. The van der Waals surface area contributed by atoms with E-state index in [9.17, 15) is 0 Å². The second kappa shape index (κ2) is 7.82. The fourth-order valence-corrected chi connectivity index (χ4v) is 2.68. The number of benzene rings is 2. The quantitative estimate of drug-likeness (QED) is 0.628. The first-order chi connectivity index (χ1) is 11.1. The second-order valence-corrected chi connectivity index (χ2v) is 6.11. The number of anilines is 1. The zero-order valence-electron chi connectivity index (χ0n) is 14.5. The predicted octanol–water partition coefficient (Wildman–Crippen LogP) is 6.36. The Bertz CT molecular complexity index is 667. The lowest BCUT2D eigenvalue weighted by Crippen LogP contribution is -2.17. The molecule has 0 aliphatic carbocycles. The lowest BCUT2D eigenvalue weighted by molar-refractivity contribution is 0.733. The van der Waals surface area contributed by atoms with E-state index in [4.69, 9.17) is 0 Å². The first-order valence-electron chi connectivity index (χ1n) is 8.34. The highest BCUT2D eigenvalue weighted by molar-refractivity contribution is 5.76. The topological polar surface area (TPSA) is 12.0 Å². The first-order valence-corrected chi connectivity index (χ1v) is 8.34. The van der Waals surface area contributed by atoms with Gasteiger partial charge < -0.3 is 5.32 Å². The van der Waals surface area contributed by atoms with Gasteiger partial charge in [-0.2, -0.15) is 0 Å². The molecule has 2 atom stereocenters. The summed E-state index contributed by atoms with van der Waals surface area (Å²) in [5, 5.41) is 3.54. The molecule has 2 aromatic rings. The molecule has 0 heterocycles. The van der Waals surface area contributed by atoms with Crippen LogP contribution < -0.4 is 5.32 Å². The van der Waals surface area contributed by atoms with Crippen LogP contribution in [0.1, 0.15) is 49.8 Å². The fraction of sp³-hybridized carbons (Fsp3) is 0.273. The molecule has 120 valence electrons. The third-order valence-electron chi connectivity index (χ3n) is 4.52. The van der Waals surface area contributed by atoms with Crippen molar-refractivity contribution in [2.75, 3.05) is 5.32 Å². The number of rotatable bonds is 7. The van der Waals surface area contributed by atoms with Gasteiger partial charge in [0.1, 0.15) is 0 Å². The molecule has 0 spiro atoms. The van der Waals surface area contributed by atoms with E-state index < -0.39 is 0 Å². The van der Waals surface area contributed by atoms with Crippen LogP contribution in [-0.4, -0.2) is 6.04 Å². The maximum Gasteiger partial charge on any atom is 0.0485 e. The van der Waals surface area contributed by atoms with Crippen molar-refractivity contribution in [3.63, 3.8) is 0 Å². The largest absolute Gasteiger partial charge is 0.379 e. The molecule has 0 bridgehead atoms. The molecule has 0 fully saturated rings. The van der Waals surface area contributed by atoms with E-state index in [2.05, 4.69) is 75.6 Å². The Kier molecular flexibility index (Phi) is 5.81. The number of nitrogens with one attached hydrogen (secondary N) is 1. The second-order valence-electron chi connectivity index (χ2n) is 6.11. The SMILES string of the molecule is C=Cc1ccccc1C(=C)C(C)Nc1ccc(C(C)CC)cc1. The minimum Gasteiger partial charge on any atom is -0.379 e. The van der Waals surface area contributed by atoms with Gasteiger partial charge in [-0.1, -0.05) is 69.5 Å². The molecular weight excluding hydrogens is 278 g/mol. The summed E-state index contributed by atoms with van der Waals surface area (Å²) in [4.78, 5) is 0. The summed E-state index contributed by atoms with van der Waals surface area (Å²) in [5.74, 6) is 0.607. The van der Waals surface area contributed by atoms with E-state index in [0.717, 1.165) is 22.4 Å². The molecule has 1 N–H and O–H groups in total. The van der Waals surface area contributed by atoms with Crippen molar-refractivity contribution >= 4 is 17.3 Å². The van der Waals surface area contributed by atoms with Gasteiger partial charge in [0.05, 0.1) is 0 Å². The molecule has 2 aromatic carbocycles. The van der Waals surface area contributed by atoms with Crippen LogP contribution in [0.25, 0.3) is 11.6 Å². The standard InChI is InChI=1S/C22H27N/c1-6-16(3)20-12-14-21(15-13-20)23-18(5)17(4)22-11-9-8-10-19(22)7-2/h7-16,18,23H,2,4,6H2,1,3,5H3. The fourth-order valence-electron chi connectivity index (χ4n) is 2.68. The van der Waals surface area contributed by atoms with Gasteiger partial charge in [-0.05, 0) is 53.7 Å². The minimum absolute atomic E-state index is 0.158. The van der Waals surface area contributed by atoms with E-state index >= 15 is 0 Å². The summed E-state index contributed by atoms with van der Waals surface area (Å²) in [7, 11) is 0. The van der Waals surface area contributed by atoms with Gasteiger partial charge in [0.15, 0.2) is 0 Å². The van der Waals surface area contributed by atoms with Crippen LogP contribution in [0.5, 0.6) is 0 Å². The predicted molar refractivity (Wildman–Crippen MR) is 104 cm³/mol. The van der Waals surface area contributed by atoms with Gasteiger partial charge in [-0.15, -0.1) is 0 Å². The molecule has 1 nitrogen and oxygen atoms in total. The van der Waals surface area contributed by atoms with Crippen LogP contribution in [-0.2, 0) is 0 Å². The minimum atomic E-state index is 0.158. The molecule has 2 unspecified atom stereocenters. The molecule has 2 rings (SSSR count). The number of hydrogen-bond donors (Lipinski definition) is 1. The maximum absolute atomic E-state index is 4.28. The van der Waals surface area contributed by atoms with Gasteiger partial charge in [0.25, 0.3) is 0 Å². The van der Waals surface area contributed by atoms with Crippen molar-refractivity contribution in [2.24, 2.45) is 0 Å². The highest BCUT2D eigenvalue weighted by Crippen LogP contribution is 2.25. The summed E-state index contributed by atoms with van der Waals surface area (Å²) >= 11 is 0. The molecule has 0 aromatic heterocycles. The maximum atomic E-state index is 4.28.